The Kier molecular flexibility index (Phi) is 6.91. The SMILES string of the molecule is COC(OC)C(CCCC1CCCO1)NN. The molecule has 0 aliphatic carbocycles. The number of hydrazine groups is 1. The standard InChI is InChI=1S/C11H24N2O3/c1-14-11(15-2)10(13-12)7-3-5-9-6-4-8-16-9/h9-11,13H,3-8,12H2,1-2H3. The predicted molar refractivity (Wildman–Crippen MR) is 61.7 cm³/mol. The number of hydrogen-bond donors (Lipinski definition) is 2. The van der Waals surface area contributed by atoms with E-state index >= 15 is 0 Å². The van der Waals surface area contributed by atoms with E-state index in [4.69, 9.17) is 20.1 Å². The summed E-state index contributed by atoms with van der Waals surface area (Å²) in [7, 11) is 3.25. The molecule has 0 aromatic heterocycles. The normalized spacial score (nSPS) is 22.9. The van der Waals surface area contributed by atoms with Crippen molar-refractivity contribution in [2.24, 2.45) is 5.84 Å². The average molecular weight is 232 g/mol. The zero-order chi connectivity index (χ0) is 11.8. The first-order valence-electron chi connectivity index (χ1n) is 5.95. The maximum Gasteiger partial charge on any atom is 0.173 e. The van der Waals surface area contributed by atoms with E-state index in [1.165, 1.54) is 12.8 Å². The van der Waals surface area contributed by atoms with Gasteiger partial charge < -0.3 is 14.2 Å². The van der Waals surface area contributed by atoms with Crippen molar-refractivity contribution in [2.75, 3.05) is 20.8 Å². The van der Waals surface area contributed by atoms with Gasteiger partial charge in [-0.1, -0.05) is 0 Å². The first-order chi connectivity index (χ1) is 7.81. The van der Waals surface area contributed by atoms with E-state index in [2.05, 4.69) is 5.43 Å². The first kappa shape index (κ1) is 13.9. The van der Waals surface area contributed by atoms with E-state index in [9.17, 15) is 0 Å². The van der Waals surface area contributed by atoms with Gasteiger partial charge >= 0.3 is 0 Å². The topological polar surface area (TPSA) is 65.7 Å². The van der Waals surface area contributed by atoms with Gasteiger partial charge in [0, 0.05) is 20.8 Å². The number of nitrogens with two attached hydrogens (primary N) is 1. The molecular formula is C11H24N2O3. The highest BCUT2D eigenvalue weighted by atomic mass is 16.7. The molecule has 1 aliphatic rings. The van der Waals surface area contributed by atoms with Crippen LogP contribution in [0.1, 0.15) is 32.1 Å². The highest BCUT2D eigenvalue weighted by Crippen LogP contribution is 2.18. The molecule has 1 fully saturated rings. The lowest BCUT2D eigenvalue weighted by molar-refractivity contribution is -0.124. The van der Waals surface area contributed by atoms with Gasteiger partial charge in [0.05, 0.1) is 12.1 Å². The van der Waals surface area contributed by atoms with Gasteiger partial charge in [-0.05, 0) is 32.1 Å². The van der Waals surface area contributed by atoms with Crippen LogP contribution in [0.2, 0.25) is 0 Å². The molecule has 1 rings (SSSR count). The van der Waals surface area contributed by atoms with Crippen LogP contribution in [0.15, 0.2) is 0 Å². The van der Waals surface area contributed by atoms with Gasteiger partial charge in [-0.25, -0.2) is 0 Å². The van der Waals surface area contributed by atoms with Crippen molar-refractivity contribution in [3.63, 3.8) is 0 Å². The molecule has 0 bridgehead atoms. The molecule has 1 aliphatic heterocycles. The van der Waals surface area contributed by atoms with Crippen LogP contribution < -0.4 is 11.3 Å². The third-order valence-corrected chi connectivity index (χ3v) is 3.07. The summed E-state index contributed by atoms with van der Waals surface area (Å²) in [5, 5.41) is 0. The largest absolute Gasteiger partial charge is 0.378 e. The van der Waals surface area contributed by atoms with Crippen molar-refractivity contribution < 1.29 is 14.2 Å². The summed E-state index contributed by atoms with van der Waals surface area (Å²) in [6, 6.07) is 0.0383. The molecule has 2 atom stereocenters. The highest BCUT2D eigenvalue weighted by molar-refractivity contribution is 4.71. The Labute approximate surface area is 97.6 Å². The fraction of sp³-hybridized carbons (Fsp3) is 1.00. The summed E-state index contributed by atoms with van der Waals surface area (Å²) in [4.78, 5) is 0. The number of ether oxygens (including phenoxy) is 3. The summed E-state index contributed by atoms with van der Waals surface area (Å²) >= 11 is 0. The molecule has 2 unspecified atom stereocenters. The smallest absolute Gasteiger partial charge is 0.173 e. The van der Waals surface area contributed by atoms with Crippen LogP contribution in [0.4, 0.5) is 0 Å². The van der Waals surface area contributed by atoms with E-state index in [-0.39, 0.29) is 12.3 Å². The molecule has 1 saturated heterocycles. The number of rotatable bonds is 8. The van der Waals surface area contributed by atoms with Crippen molar-refractivity contribution in [1.82, 2.24) is 5.43 Å². The Morgan fingerprint density at radius 2 is 2.19 bits per heavy atom. The molecule has 0 aromatic rings. The predicted octanol–water partition coefficient (Wildman–Crippen LogP) is 0.787. The van der Waals surface area contributed by atoms with Crippen molar-refractivity contribution in [1.29, 1.82) is 0 Å². The summed E-state index contributed by atoms with van der Waals surface area (Å²) in [5.74, 6) is 5.48. The van der Waals surface area contributed by atoms with Crippen LogP contribution in [0, 0.1) is 0 Å². The van der Waals surface area contributed by atoms with Crippen LogP contribution in [0.5, 0.6) is 0 Å². The Balaban J connectivity index is 2.16. The van der Waals surface area contributed by atoms with E-state index in [1.54, 1.807) is 14.2 Å². The Morgan fingerprint density at radius 3 is 2.69 bits per heavy atom. The van der Waals surface area contributed by atoms with Crippen LogP contribution in [0.3, 0.4) is 0 Å². The van der Waals surface area contributed by atoms with E-state index in [0.717, 1.165) is 25.9 Å². The van der Waals surface area contributed by atoms with Gasteiger partial charge in [-0.15, -0.1) is 0 Å². The first-order valence-corrected chi connectivity index (χ1v) is 5.95. The fourth-order valence-electron chi connectivity index (χ4n) is 2.16. The minimum Gasteiger partial charge on any atom is -0.378 e. The lowest BCUT2D eigenvalue weighted by Crippen LogP contribution is -2.45. The van der Waals surface area contributed by atoms with Crippen LogP contribution in [0.25, 0.3) is 0 Å². The minimum atomic E-state index is -0.283. The van der Waals surface area contributed by atoms with E-state index in [1.807, 2.05) is 0 Å². The van der Waals surface area contributed by atoms with E-state index < -0.39 is 0 Å². The summed E-state index contributed by atoms with van der Waals surface area (Å²) < 4.78 is 15.9. The molecular weight excluding hydrogens is 208 g/mol. The van der Waals surface area contributed by atoms with Gasteiger partial charge in [-0.2, -0.15) is 0 Å². The average Bonchev–Trinajstić information content (AvgIpc) is 2.81. The molecule has 5 heteroatoms. The summed E-state index contributed by atoms with van der Waals surface area (Å²) in [5.41, 5.74) is 2.74. The number of nitrogens with one attached hydrogen (secondary N) is 1. The zero-order valence-electron chi connectivity index (χ0n) is 10.3. The lowest BCUT2D eigenvalue weighted by Gasteiger charge is -2.24. The molecule has 16 heavy (non-hydrogen) atoms. The molecule has 5 nitrogen and oxygen atoms in total. The minimum absolute atomic E-state index is 0.0383. The van der Waals surface area contributed by atoms with Gasteiger partial charge in [0.25, 0.3) is 0 Å². The summed E-state index contributed by atoms with van der Waals surface area (Å²) in [6.45, 7) is 0.919. The molecule has 96 valence electrons. The third kappa shape index (κ3) is 4.35. The summed E-state index contributed by atoms with van der Waals surface area (Å²) in [6.07, 6.45) is 5.65. The van der Waals surface area contributed by atoms with Crippen LogP contribution in [-0.2, 0) is 14.2 Å². The van der Waals surface area contributed by atoms with Crippen LogP contribution in [-0.4, -0.2) is 39.3 Å². The quantitative estimate of drug-likeness (QED) is 0.368. The maximum atomic E-state index is 5.57. The van der Waals surface area contributed by atoms with Crippen LogP contribution >= 0.6 is 0 Å². The second-order valence-corrected chi connectivity index (χ2v) is 4.18. The van der Waals surface area contributed by atoms with Crippen molar-refractivity contribution in [3.05, 3.63) is 0 Å². The second kappa shape index (κ2) is 7.97. The number of hydrogen-bond acceptors (Lipinski definition) is 5. The molecule has 1 heterocycles. The van der Waals surface area contributed by atoms with Crippen molar-refractivity contribution >= 4 is 0 Å². The van der Waals surface area contributed by atoms with Gasteiger partial charge in [0.2, 0.25) is 0 Å². The Hall–Kier alpha value is -0.200. The Bertz CT molecular complexity index is 171. The van der Waals surface area contributed by atoms with Gasteiger partial charge in [-0.3, -0.25) is 11.3 Å². The van der Waals surface area contributed by atoms with Crippen molar-refractivity contribution in [3.8, 4) is 0 Å². The molecule has 0 saturated carbocycles. The van der Waals surface area contributed by atoms with Crippen molar-refractivity contribution in [2.45, 2.75) is 50.5 Å². The molecule has 0 radical (unpaired) electrons. The number of methoxy groups -OCH3 is 2. The Morgan fingerprint density at radius 1 is 1.44 bits per heavy atom. The van der Waals surface area contributed by atoms with Gasteiger partial charge in [0.1, 0.15) is 0 Å². The molecule has 0 spiro atoms. The van der Waals surface area contributed by atoms with E-state index in [0.29, 0.717) is 6.10 Å². The molecule has 0 amide bonds. The zero-order valence-corrected chi connectivity index (χ0v) is 10.3. The fourth-order valence-corrected chi connectivity index (χ4v) is 2.16. The molecule has 0 aromatic carbocycles. The lowest BCUT2D eigenvalue weighted by atomic mass is 10.1. The maximum absolute atomic E-state index is 5.57. The van der Waals surface area contributed by atoms with Gasteiger partial charge in [0.15, 0.2) is 6.29 Å². The molecule has 3 N–H and O–H groups in total. The third-order valence-electron chi connectivity index (χ3n) is 3.07. The highest BCUT2D eigenvalue weighted by Gasteiger charge is 2.21. The monoisotopic (exact) mass is 232 g/mol. The second-order valence-electron chi connectivity index (χ2n) is 4.18.